The molecule has 2 aliphatic rings. The van der Waals surface area contributed by atoms with Gasteiger partial charge in [-0.25, -0.2) is 0 Å². The highest BCUT2D eigenvalue weighted by Crippen LogP contribution is 2.54. The van der Waals surface area contributed by atoms with Gasteiger partial charge in [0.05, 0.1) is 12.7 Å². The summed E-state index contributed by atoms with van der Waals surface area (Å²) in [5.41, 5.74) is 0.106. The van der Waals surface area contributed by atoms with Gasteiger partial charge in [-0.2, -0.15) is 0 Å². The zero-order chi connectivity index (χ0) is 14.9. The Hall–Kier alpha value is -0.570. The Labute approximate surface area is 123 Å². The van der Waals surface area contributed by atoms with Crippen molar-refractivity contribution in [2.24, 2.45) is 29.1 Å². The summed E-state index contributed by atoms with van der Waals surface area (Å²) in [7, 11) is 0. The smallest absolute Gasteiger partial charge is 0.302 e. The molecule has 0 aliphatic heterocycles. The lowest BCUT2D eigenvalue weighted by Crippen LogP contribution is -2.50. The molecule has 0 spiro atoms. The first-order valence-electron chi connectivity index (χ1n) is 8.16. The summed E-state index contributed by atoms with van der Waals surface area (Å²) in [5.74, 6) is 2.19. The largest absolute Gasteiger partial charge is 0.466 e. The Balaban J connectivity index is 1.99. The van der Waals surface area contributed by atoms with Crippen molar-refractivity contribution < 1.29 is 14.6 Å². The maximum Gasteiger partial charge on any atom is 0.302 e. The van der Waals surface area contributed by atoms with Gasteiger partial charge >= 0.3 is 5.97 Å². The van der Waals surface area contributed by atoms with Crippen LogP contribution >= 0.6 is 0 Å². The molecular formula is C17H30O3. The van der Waals surface area contributed by atoms with Gasteiger partial charge in [-0.1, -0.05) is 20.8 Å². The van der Waals surface area contributed by atoms with Crippen LogP contribution in [0.3, 0.4) is 0 Å². The summed E-state index contributed by atoms with van der Waals surface area (Å²) in [6.07, 6.45) is 5.41. The van der Waals surface area contributed by atoms with Crippen molar-refractivity contribution in [1.29, 1.82) is 0 Å². The van der Waals surface area contributed by atoms with Crippen molar-refractivity contribution in [1.82, 2.24) is 0 Å². The first kappa shape index (κ1) is 15.8. The number of carbonyl (C=O) groups is 1. The van der Waals surface area contributed by atoms with Crippen LogP contribution in [0, 0.1) is 29.1 Å². The van der Waals surface area contributed by atoms with Crippen molar-refractivity contribution >= 4 is 5.97 Å². The molecule has 0 bridgehead atoms. The average Bonchev–Trinajstić information content (AvgIpc) is 2.40. The molecule has 1 N–H and O–H groups in total. The molecule has 2 saturated carbocycles. The van der Waals surface area contributed by atoms with E-state index in [4.69, 9.17) is 4.74 Å². The highest BCUT2D eigenvalue weighted by molar-refractivity contribution is 5.65. The summed E-state index contributed by atoms with van der Waals surface area (Å²) in [4.78, 5) is 10.9. The van der Waals surface area contributed by atoms with E-state index in [1.807, 2.05) is 0 Å². The first-order valence-corrected chi connectivity index (χ1v) is 8.16. The Morgan fingerprint density at radius 1 is 1.40 bits per heavy atom. The van der Waals surface area contributed by atoms with Crippen LogP contribution in [0.15, 0.2) is 0 Å². The van der Waals surface area contributed by atoms with Crippen LogP contribution < -0.4 is 0 Å². The lowest BCUT2D eigenvalue weighted by atomic mass is 9.53. The van der Waals surface area contributed by atoms with Crippen molar-refractivity contribution in [2.75, 3.05) is 6.61 Å². The first-order chi connectivity index (χ1) is 9.34. The van der Waals surface area contributed by atoms with E-state index >= 15 is 0 Å². The second-order valence-corrected chi connectivity index (χ2v) is 7.50. The van der Waals surface area contributed by atoms with Gasteiger partial charge in [-0.15, -0.1) is 0 Å². The molecule has 0 aromatic rings. The number of aliphatic hydroxyl groups excluding tert-OH is 1. The SMILES string of the molecule is CC(=O)OCC(C)C1CCC2(C)C(O)CCC(C)C2C1. The van der Waals surface area contributed by atoms with Crippen molar-refractivity contribution in [3.05, 3.63) is 0 Å². The predicted octanol–water partition coefficient (Wildman–Crippen LogP) is 3.40. The number of ether oxygens (including phenoxy) is 1. The summed E-state index contributed by atoms with van der Waals surface area (Å²) in [6.45, 7) is 8.84. The zero-order valence-corrected chi connectivity index (χ0v) is 13.4. The number of fused-ring (bicyclic) bond motifs is 1. The average molecular weight is 282 g/mol. The molecule has 0 saturated heterocycles. The molecule has 2 fully saturated rings. The topological polar surface area (TPSA) is 46.5 Å². The Morgan fingerprint density at radius 2 is 2.10 bits per heavy atom. The summed E-state index contributed by atoms with van der Waals surface area (Å²) in [6, 6.07) is 0. The zero-order valence-electron chi connectivity index (χ0n) is 13.4. The molecular weight excluding hydrogens is 252 g/mol. The minimum Gasteiger partial charge on any atom is -0.466 e. The van der Waals surface area contributed by atoms with Crippen LogP contribution in [-0.4, -0.2) is 23.8 Å². The minimum atomic E-state index is -0.182. The van der Waals surface area contributed by atoms with Gasteiger partial charge in [0.25, 0.3) is 0 Å². The monoisotopic (exact) mass is 282 g/mol. The fourth-order valence-corrected chi connectivity index (χ4v) is 4.54. The second-order valence-electron chi connectivity index (χ2n) is 7.50. The standard InChI is InChI=1S/C17H30O3/c1-11-5-6-16(19)17(4)8-7-14(9-15(11)17)12(2)10-20-13(3)18/h11-12,14-16,19H,5-10H2,1-4H3. The van der Waals surface area contributed by atoms with Crippen LogP contribution in [0.5, 0.6) is 0 Å². The van der Waals surface area contributed by atoms with Gasteiger partial charge in [0.15, 0.2) is 0 Å². The van der Waals surface area contributed by atoms with E-state index < -0.39 is 0 Å². The second kappa shape index (κ2) is 6.05. The van der Waals surface area contributed by atoms with Gasteiger partial charge in [0.1, 0.15) is 0 Å². The van der Waals surface area contributed by atoms with Gasteiger partial charge in [-0.05, 0) is 61.2 Å². The van der Waals surface area contributed by atoms with E-state index in [1.54, 1.807) is 0 Å². The third-order valence-corrected chi connectivity index (χ3v) is 6.16. The fraction of sp³-hybridized carbons (Fsp3) is 0.941. The number of hydrogen-bond donors (Lipinski definition) is 1. The highest BCUT2D eigenvalue weighted by Gasteiger charge is 2.49. The van der Waals surface area contributed by atoms with Crippen LogP contribution in [-0.2, 0) is 9.53 Å². The molecule has 3 heteroatoms. The van der Waals surface area contributed by atoms with E-state index in [9.17, 15) is 9.90 Å². The number of esters is 1. The summed E-state index contributed by atoms with van der Waals surface area (Å²) in [5, 5.41) is 10.4. The summed E-state index contributed by atoms with van der Waals surface area (Å²) >= 11 is 0. The molecule has 0 heterocycles. The number of rotatable bonds is 3. The minimum absolute atomic E-state index is 0.106. The lowest BCUT2D eigenvalue weighted by molar-refractivity contribution is -0.144. The maximum atomic E-state index is 10.9. The van der Waals surface area contributed by atoms with Crippen molar-refractivity contribution in [2.45, 2.75) is 65.9 Å². The van der Waals surface area contributed by atoms with E-state index in [0.29, 0.717) is 30.3 Å². The van der Waals surface area contributed by atoms with Crippen LogP contribution in [0.2, 0.25) is 0 Å². The van der Waals surface area contributed by atoms with Crippen molar-refractivity contribution in [3.8, 4) is 0 Å². The molecule has 2 aliphatic carbocycles. The molecule has 20 heavy (non-hydrogen) atoms. The molecule has 0 radical (unpaired) electrons. The van der Waals surface area contributed by atoms with Gasteiger partial charge < -0.3 is 9.84 Å². The van der Waals surface area contributed by atoms with Crippen LogP contribution in [0.4, 0.5) is 0 Å². The molecule has 6 atom stereocenters. The van der Waals surface area contributed by atoms with Gasteiger partial charge in [0.2, 0.25) is 0 Å². The molecule has 3 nitrogen and oxygen atoms in total. The summed E-state index contributed by atoms with van der Waals surface area (Å²) < 4.78 is 5.18. The molecule has 0 amide bonds. The molecule has 6 unspecified atom stereocenters. The quantitative estimate of drug-likeness (QED) is 0.807. The Kier molecular flexibility index (Phi) is 4.78. The predicted molar refractivity (Wildman–Crippen MR) is 79.1 cm³/mol. The van der Waals surface area contributed by atoms with E-state index in [1.165, 1.54) is 13.3 Å². The normalized spacial score (nSPS) is 42.6. The van der Waals surface area contributed by atoms with E-state index in [2.05, 4.69) is 20.8 Å². The molecule has 0 aromatic carbocycles. The van der Waals surface area contributed by atoms with Crippen molar-refractivity contribution in [3.63, 3.8) is 0 Å². The van der Waals surface area contributed by atoms with E-state index in [-0.39, 0.29) is 17.5 Å². The van der Waals surface area contributed by atoms with E-state index in [0.717, 1.165) is 25.7 Å². The van der Waals surface area contributed by atoms with Crippen LogP contribution in [0.1, 0.15) is 59.8 Å². The number of aliphatic hydroxyl groups is 1. The molecule has 2 rings (SSSR count). The third kappa shape index (κ3) is 3.03. The lowest BCUT2D eigenvalue weighted by Gasteiger charge is -2.54. The van der Waals surface area contributed by atoms with Crippen LogP contribution in [0.25, 0.3) is 0 Å². The number of hydrogen-bond acceptors (Lipinski definition) is 3. The fourth-order valence-electron chi connectivity index (χ4n) is 4.54. The molecule has 0 aromatic heterocycles. The molecule has 116 valence electrons. The maximum absolute atomic E-state index is 10.9. The van der Waals surface area contributed by atoms with Gasteiger partial charge in [-0.3, -0.25) is 4.79 Å². The highest BCUT2D eigenvalue weighted by atomic mass is 16.5. The van der Waals surface area contributed by atoms with Gasteiger partial charge in [0, 0.05) is 6.92 Å². The Bertz CT molecular complexity index is 354. The Morgan fingerprint density at radius 3 is 2.75 bits per heavy atom. The third-order valence-electron chi connectivity index (χ3n) is 6.16. The number of carbonyl (C=O) groups excluding carboxylic acids is 1.